The van der Waals surface area contributed by atoms with Gasteiger partial charge < -0.3 is 5.32 Å². The van der Waals surface area contributed by atoms with Crippen LogP contribution in [0.5, 0.6) is 0 Å². The van der Waals surface area contributed by atoms with Crippen molar-refractivity contribution in [1.29, 1.82) is 0 Å². The van der Waals surface area contributed by atoms with Crippen molar-refractivity contribution in [2.24, 2.45) is 10.2 Å². The minimum Gasteiger partial charge on any atom is -0.321 e. The third-order valence-corrected chi connectivity index (χ3v) is 3.75. The molecule has 128 valence electrons. The summed E-state index contributed by atoms with van der Waals surface area (Å²) in [7, 11) is 0. The van der Waals surface area contributed by atoms with E-state index in [2.05, 4.69) is 15.5 Å². The summed E-state index contributed by atoms with van der Waals surface area (Å²) in [6.07, 6.45) is 1.62. The first kappa shape index (κ1) is 17.6. The first-order valence-corrected chi connectivity index (χ1v) is 8.39. The van der Waals surface area contributed by atoms with Gasteiger partial charge in [0, 0.05) is 5.69 Å². The van der Waals surface area contributed by atoms with Gasteiger partial charge in [0.25, 0.3) is 5.91 Å². The molecule has 0 aliphatic heterocycles. The van der Waals surface area contributed by atoms with Gasteiger partial charge >= 0.3 is 0 Å². The summed E-state index contributed by atoms with van der Waals surface area (Å²) in [6, 6.07) is 26.0. The van der Waals surface area contributed by atoms with Gasteiger partial charge in [-0.15, -0.1) is 0 Å². The van der Waals surface area contributed by atoms with Gasteiger partial charge in [-0.3, -0.25) is 4.79 Å². The number of carbonyl (C=O) groups excluding carboxylic acids is 1. The molecule has 0 bridgehead atoms. The van der Waals surface area contributed by atoms with Crippen LogP contribution in [-0.4, -0.2) is 5.91 Å². The molecule has 0 saturated carbocycles. The fourth-order valence-electron chi connectivity index (χ4n) is 2.17. The number of hydrogen-bond donors (Lipinski definition) is 1. The third-order valence-electron chi connectivity index (χ3n) is 3.47. The first-order chi connectivity index (χ1) is 12.7. The predicted octanol–water partition coefficient (Wildman–Crippen LogP) is 6.32. The molecule has 1 amide bonds. The average molecular weight is 362 g/mol. The van der Waals surface area contributed by atoms with Gasteiger partial charge in [0.2, 0.25) is 0 Å². The molecule has 0 atom stereocenters. The number of rotatable bonds is 5. The summed E-state index contributed by atoms with van der Waals surface area (Å²) in [4.78, 5) is 12.2. The number of nitrogens with zero attached hydrogens (tertiary/aromatic N) is 2. The molecule has 3 aromatic rings. The Bertz CT molecular complexity index is 920. The number of halogens is 1. The molecule has 0 spiro atoms. The number of carbonyl (C=O) groups is 1. The van der Waals surface area contributed by atoms with Gasteiger partial charge in [0.1, 0.15) is 5.03 Å². The number of anilines is 1. The maximum Gasteiger partial charge on any atom is 0.267 e. The minimum absolute atomic E-state index is 0.115. The molecule has 26 heavy (non-hydrogen) atoms. The zero-order valence-electron chi connectivity index (χ0n) is 13.8. The molecule has 0 radical (unpaired) electrons. The van der Waals surface area contributed by atoms with E-state index in [9.17, 15) is 4.79 Å². The Hall–Kier alpha value is -3.24. The molecular weight excluding hydrogens is 346 g/mol. The highest BCUT2D eigenvalue weighted by Crippen LogP contribution is 2.21. The van der Waals surface area contributed by atoms with Crippen molar-refractivity contribution in [3.8, 4) is 0 Å². The Morgan fingerprint density at radius 3 is 1.92 bits per heavy atom. The Morgan fingerprint density at radius 1 is 0.769 bits per heavy atom. The summed E-state index contributed by atoms with van der Waals surface area (Å²) < 4.78 is 0. The zero-order chi connectivity index (χ0) is 18.2. The molecule has 4 nitrogen and oxygen atoms in total. The highest BCUT2D eigenvalue weighted by molar-refractivity contribution is 6.45. The number of hydrogen-bond acceptors (Lipinski definition) is 3. The normalized spacial score (nSPS) is 11.5. The second kappa shape index (κ2) is 8.74. The Morgan fingerprint density at radius 2 is 1.31 bits per heavy atom. The smallest absolute Gasteiger partial charge is 0.267 e. The lowest BCUT2D eigenvalue weighted by Gasteiger charge is -2.04. The van der Waals surface area contributed by atoms with Gasteiger partial charge in [-0.2, -0.15) is 10.2 Å². The highest BCUT2D eigenvalue weighted by Gasteiger charge is 2.07. The number of benzene rings is 3. The Labute approximate surface area is 156 Å². The number of azo groups is 1. The van der Waals surface area contributed by atoms with Crippen LogP contribution in [-0.2, 0) is 4.79 Å². The maximum absolute atomic E-state index is 12.2. The maximum atomic E-state index is 12.2. The van der Waals surface area contributed by atoms with Crippen LogP contribution >= 0.6 is 11.6 Å². The van der Waals surface area contributed by atoms with Crippen molar-refractivity contribution in [2.45, 2.75) is 0 Å². The van der Waals surface area contributed by atoms with Gasteiger partial charge in [-0.25, -0.2) is 0 Å². The Kier molecular flexibility index (Phi) is 5.91. The summed E-state index contributed by atoms with van der Waals surface area (Å²) in [5, 5.41) is 11.2. The molecular formula is C21H16ClN3O. The van der Waals surface area contributed by atoms with E-state index in [1.165, 1.54) is 0 Å². The van der Waals surface area contributed by atoms with Crippen molar-refractivity contribution < 1.29 is 4.79 Å². The highest BCUT2D eigenvalue weighted by atomic mass is 35.5. The van der Waals surface area contributed by atoms with E-state index in [1.807, 2.05) is 60.7 Å². The molecule has 5 heteroatoms. The minimum atomic E-state index is -0.366. The van der Waals surface area contributed by atoms with E-state index in [4.69, 9.17) is 11.6 Å². The van der Waals surface area contributed by atoms with E-state index < -0.39 is 0 Å². The van der Waals surface area contributed by atoms with E-state index in [0.717, 1.165) is 11.3 Å². The van der Waals surface area contributed by atoms with Crippen LogP contribution < -0.4 is 5.32 Å². The zero-order valence-corrected chi connectivity index (χ0v) is 14.6. The summed E-state index contributed by atoms with van der Waals surface area (Å²) >= 11 is 6.08. The lowest BCUT2D eigenvalue weighted by atomic mass is 10.2. The largest absolute Gasteiger partial charge is 0.321 e. The van der Waals surface area contributed by atoms with E-state index >= 15 is 0 Å². The van der Waals surface area contributed by atoms with Gasteiger partial charge in [0.15, 0.2) is 0 Å². The van der Waals surface area contributed by atoms with Crippen LogP contribution in [0.2, 0.25) is 0 Å². The molecule has 0 fully saturated rings. The molecule has 0 aliphatic rings. The van der Waals surface area contributed by atoms with Crippen LogP contribution in [0.15, 0.2) is 100 Å². The molecule has 1 N–H and O–H groups in total. The SMILES string of the molecule is O=C(Nc1ccc(N=Nc2ccccc2)cc1)C(Cl)=Cc1ccccc1. The molecule has 3 aromatic carbocycles. The topological polar surface area (TPSA) is 53.8 Å². The quantitative estimate of drug-likeness (QED) is 0.419. The van der Waals surface area contributed by atoms with Crippen molar-refractivity contribution in [1.82, 2.24) is 0 Å². The molecule has 0 heterocycles. The van der Waals surface area contributed by atoms with Crippen molar-refractivity contribution >= 4 is 40.6 Å². The summed E-state index contributed by atoms with van der Waals surface area (Å²) in [5.41, 5.74) is 2.97. The van der Waals surface area contributed by atoms with Crippen molar-refractivity contribution in [2.75, 3.05) is 5.32 Å². The number of nitrogens with one attached hydrogen (secondary N) is 1. The van der Waals surface area contributed by atoms with Crippen molar-refractivity contribution in [3.63, 3.8) is 0 Å². The van der Waals surface area contributed by atoms with Crippen LogP contribution in [0.4, 0.5) is 17.1 Å². The van der Waals surface area contributed by atoms with E-state index in [1.54, 1.807) is 30.3 Å². The van der Waals surface area contributed by atoms with Crippen molar-refractivity contribution in [3.05, 3.63) is 95.5 Å². The lowest BCUT2D eigenvalue weighted by Crippen LogP contribution is -2.11. The Balaban J connectivity index is 1.63. The molecule has 0 aliphatic carbocycles. The van der Waals surface area contributed by atoms with Crippen LogP contribution in [0, 0.1) is 0 Å². The second-order valence-corrected chi connectivity index (χ2v) is 5.85. The van der Waals surface area contributed by atoms with Crippen LogP contribution in [0.3, 0.4) is 0 Å². The average Bonchev–Trinajstić information content (AvgIpc) is 2.69. The fraction of sp³-hybridized carbons (Fsp3) is 0. The van der Waals surface area contributed by atoms with Gasteiger partial charge in [-0.05, 0) is 48.0 Å². The fourth-order valence-corrected chi connectivity index (χ4v) is 2.35. The lowest BCUT2D eigenvalue weighted by molar-refractivity contribution is -0.112. The second-order valence-electron chi connectivity index (χ2n) is 5.44. The third kappa shape index (κ3) is 5.13. The molecule has 0 aromatic heterocycles. The standard InChI is InChI=1S/C21H16ClN3O/c22-20(15-16-7-3-1-4-8-16)21(26)23-17-11-13-19(14-12-17)25-24-18-9-5-2-6-10-18/h1-15H,(H,23,26). The van der Waals surface area contributed by atoms with Crippen LogP contribution in [0.25, 0.3) is 6.08 Å². The number of amides is 1. The van der Waals surface area contributed by atoms with Gasteiger partial charge in [0.05, 0.1) is 11.4 Å². The van der Waals surface area contributed by atoms with Gasteiger partial charge in [-0.1, -0.05) is 60.1 Å². The predicted molar refractivity (Wildman–Crippen MR) is 106 cm³/mol. The molecule has 3 rings (SSSR count). The van der Waals surface area contributed by atoms with E-state index in [-0.39, 0.29) is 10.9 Å². The monoisotopic (exact) mass is 361 g/mol. The molecule has 0 saturated heterocycles. The molecule has 0 unspecified atom stereocenters. The first-order valence-electron chi connectivity index (χ1n) is 8.01. The summed E-state index contributed by atoms with van der Waals surface area (Å²) in [5.74, 6) is -0.366. The summed E-state index contributed by atoms with van der Waals surface area (Å²) in [6.45, 7) is 0. The van der Waals surface area contributed by atoms with E-state index in [0.29, 0.717) is 11.4 Å². The van der Waals surface area contributed by atoms with Crippen LogP contribution in [0.1, 0.15) is 5.56 Å².